The Morgan fingerprint density at radius 2 is 1.93 bits per heavy atom. The molecule has 0 N–H and O–H groups in total. The molecule has 0 fully saturated rings. The van der Waals surface area contributed by atoms with Crippen molar-refractivity contribution in [3.8, 4) is 0 Å². The fourth-order valence-corrected chi connectivity index (χ4v) is 2.76. The van der Waals surface area contributed by atoms with Crippen molar-refractivity contribution in [2.24, 2.45) is 0 Å². The quantitative estimate of drug-likeness (QED) is 0.502. The summed E-state index contributed by atoms with van der Waals surface area (Å²) in [5.41, 5.74) is 2.81. The molecule has 0 spiro atoms. The van der Waals surface area contributed by atoms with E-state index in [0.717, 1.165) is 0 Å². The van der Waals surface area contributed by atoms with Crippen LogP contribution in [0.25, 0.3) is 6.08 Å². The van der Waals surface area contributed by atoms with Crippen LogP contribution in [0.5, 0.6) is 0 Å². The summed E-state index contributed by atoms with van der Waals surface area (Å²) in [7, 11) is 1.80. The van der Waals surface area contributed by atoms with E-state index in [0.29, 0.717) is 4.22 Å². The monoisotopic (exact) mass is 264 g/mol. The third kappa shape index (κ3) is 2.85. The number of hydrogen-bond acceptors (Lipinski definition) is 1. The molecule has 1 atom stereocenters. The minimum absolute atomic E-state index is 0. The Kier molecular flexibility index (Phi) is 6.75. The Hall–Kier alpha value is 0.214. The first-order valence-corrected chi connectivity index (χ1v) is 5.51. The maximum absolute atomic E-state index is 5.26. The number of hydrogen-bond donors (Lipinski definition) is 0. The van der Waals surface area contributed by atoms with Gasteiger partial charge < -0.3 is 24.8 Å². The second kappa shape index (κ2) is 6.65. The Labute approximate surface area is 106 Å². The minimum atomic E-state index is -0.279. The van der Waals surface area contributed by atoms with Crippen LogP contribution in [0.1, 0.15) is 15.3 Å². The fraction of sp³-hybridized carbons (Fsp3) is 0.200. The zero-order chi connectivity index (χ0) is 8.39. The summed E-state index contributed by atoms with van der Waals surface area (Å²) in [5.74, 6) is 0. The molecule has 2 rings (SSSR count). The second-order valence-electron chi connectivity index (χ2n) is 2.79. The van der Waals surface area contributed by atoms with Crippen molar-refractivity contribution < 1.29 is 47.7 Å². The minimum Gasteiger partial charge on any atom is -1.00 e. The van der Waals surface area contributed by atoms with Crippen molar-refractivity contribution >= 4 is 6.08 Å². The van der Waals surface area contributed by atoms with Crippen LogP contribution in [0.2, 0.25) is 0 Å². The topological polar surface area (TPSA) is 9.23 Å². The number of fused-ring (bicyclic) bond motifs is 1. The van der Waals surface area contributed by atoms with Crippen LogP contribution < -0.4 is 24.8 Å². The molecule has 0 saturated heterocycles. The maximum Gasteiger partial charge on any atom is -1.00 e. The average molecular weight is 265 g/mol. The SMILES string of the molecule is C[O][Ti+2][CH]1C=Cc2ccccc21.[Cl-].[Cl-]. The van der Waals surface area contributed by atoms with Crippen LogP contribution in [0.4, 0.5) is 0 Å². The molecule has 0 aromatic heterocycles. The van der Waals surface area contributed by atoms with Gasteiger partial charge in [0.05, 0.1) is 0 Å². The zero-order valence-electron chi connectivity index (χ0n) is 7.71. The van der Waals surface area contributed by atoms with Gasteiger partial charge in [-0.1, -0.05) is 0 Å². The average Bonchev–Trinajstić information content (AvgIpc) is 2.50. The van der Waals surface area contributed by atoms with Crippen molar-refractivity contribution in [1.29, 1.82) is 0 Å². The molecule has 0 radical (unpaired) electrons. The largest absolute Gasteiger partial charge is 1.00 e. The van der Waals surface area contributed by atoms with E-state index in [1.807, 2.05) is 0 Å². The summed E-state index contributed by atoms with van der Waals surface area (Å²) in [4.78, 5) is 0. The first-order chi connectivity index (χ1) is 5.92. The predicted octanol–water partition coefficient (Wildman–Crippen LogP) is -3.59. The van der Waals surface area contributed by atoms with Crippen LogP contribution in [0.3, 0.4) is 0 Å². The van der Waals surface area contributed by atoms with Crippen LogP contribution in [0.15, 0.2) is 30.3 Å². The van der Waals surface area contributed by atoms with E-state index < -0.39 is 0 Å². The molecular weight excluding hydrogens is 255 g/mol. The summed E-state index contributed by atoms with van der Waals surface area (Å²) in [6, 6.07) is 8.54. The van der Waals surface area contributed by atoms with E-state index in [9.17, 15) is 0 Å². The predicted molar refractivity (Wildman–Crippen MR) is 45.2 cm³/mol. The number of benzene rings is 1. The molecule has 4 heteroatoms. The fourth-order valence-electron chi connectivity index (χ4n) is 1.48. The molecule has 1 aromatic carbocycles. The maximum atomic E-state index is 5.26. The van der Waals surface area contributed by atoms with E-state index in [4.69, 9.17) is 3.32 Å². The van der Waals surface area contributed by atoms with Gasteiger partial charge in [-0.25, -0.2) is 0 Å². The van der Waals surface area contributed by atoms with Crippen LogP contribution in [-0.2, 0) is 22.9 Å². The van der Waals surface area contributed by atoms with Crippen molar-refractivity contribution in [2.45, 2.75) is 4.22 Å². The Morgan fingerprint density at radius 3 is 2.64 bits per heavy atom. The van der Waals surface area contributed by atoms with Crippen molar-refractivity contribution in [1.82, 2.24) is 0 Å². The zero-order valence-corrected chi connectivity index (χ0v) is 10.8. The third-order valence-electron chi connectivity index (χ3n) is 2.04. The molecule has 0 aliphatic heterocycles. The summed E-state index contributed by atoms with van der Waals surface area (Å²) in [5, 5.41) is 0. The summed E-state index contributed by atoms with van der Waals surface area (Å²) in [6.07, 6.45) is 4.46. The third-order valence-corrected chi connectivity index (χ3v) is 3.59. The number of halogens is 2. The molecule has 74 valence electrons. The van der Waals surface area contributed by atoms with Gasteiger partial charge >= 0.3 is 81.7 Å². The standard InChI is InChI=1S/C9H7.CH3O.2ClH.Ti/c1-2-5-9-7-3-6-8(9)4-1;1-2;;;/h1-7H;1H3;2*1H;/q;-1;;;+3/p-2. The van der Waals surface area contributed by atoms with E-state index in [2.05, 4.69) is 36.4 Å². The molecule has 1 aliphatic rings. The first-order valence-electron chi connectivity index (χ1n) is 3.97. The molecule has 0 bridgehead atoms. The summed E-state index contributed by atoms with van der Waals surface area (Å²) >= 11 is -0.279. The number of allylic oxidation sites excluding steroid dienone is 1. The van der Waals surface area contributed by atoms with Gasteiger partial charge in [-0.2, -0.15) is 0 Å². The van der Waals surface area contributed by atoms with Gasteiger partial charge in [0, 0.05) is 0 Å². The molecule has 1 nitrogen and oxygen atoms in total. The van der Waals surface area contributed by atoms with Gasteiger partial charge in [-0.15, -0.1) is 0 Å². The number of rotatable bonds is 2. The van der Waals surface area contributed by atoms with E-state index in [1.165, 1.54) is 11.1 Å². The molecule has 0 heterocycles. The van der Waals surface area contributed by atoms with Crippen LogP contribution in [-0.4, -0.2) is 7.11 Å². The van der Waals surface area contributed by atoms with Gasteiger partial charge in [0.15, 0.2) is 0 Å². The van der Waals surface area contributed by atoms with E-state index in [-0.39, 0.29) is 44.4 Å². The van der Waals surface area contributed by atoms with Gasteiger partial charge in [0.1, 0.15) is 0 Å². The summed E-state index contributed by atoms with van der Waals surface area (Å²) < 4.78 is 5.85. The van der Waals surface area contributed by atoms with Gasteiger partial charge in [0.25, 0.3) is 0 Å². The van der Waals surface area contributed by atoms with Gasteiger partial charge in [-0.05, 0) is 0 Å². The molecular formula is C10H10Cl2OTi. The van der Waals surface area contributed by atoms with Crippen LogP contribution >= 0.6 is 0 Å². The summed E-state index contributed by atoms with van der Waals surface area (Å²) in [6.45, 7) is 0. The Bertz CT molecular complexity index is 315. The molecule has 1 aromatic rings. The molecule has 0 saturated carbocycles. The molecule has 0 amide bonds. The molecule has 14 heavy (non-hydrogen) atoms. The van der Waals surface area contributed by atoms with E-state index in [1.54, 1.807) is 7.11 Å². The smallest absolute Gasteiger partial charge is 1.00 e. The van der Waals surface area contributed by atoms with Gasteiger partial charge in [0.2, 0.25) is 0 Å². The normalized spacial score (nSPS) is 16.2. The van der Waals surface area contributed by atoms with Crippen molar-refractivity contribution in [2.75, 3.05) is 7.11 Å². The first kappa shape index (κ1) is 14.2. The Balaban J connectivity index is 0.000000845. The molecule has 1 aliphatic carbocycles. The van der Waals surface area contributed by atoms with Crippen molar-refractivity contribution in [3.05, 3.63) is 41.5 Å². The van der Waals surface area contributed by atoms with Gasteiger partial charge in [-0.3, -0.25) is 0 Å². The molecule has 1 unspecified atom stereocenters. The Morgan fingerprint density at radius 1 is 1.21 bits per heavy atom. The van der Waals surface area contributed by atoms with Crippen LogP contribution in [0, 0.1) is 0 Å². The van der Waals surface area contributed by atoms with E-state index >= 15 is 0 Å². The second-order valence-corrected chi connectivity index (χ2v) is 4.76. The van der Waals surface area contributed by atoms with Crippen molar-refractivity contribution in [3.63, 3.8) is 0 Å².